The summed E-state index contributed by atoms with van der Waals surface area (Å²) in [6, 6.07) is 0. The van der Waals surface area contributed by atoms with Crippen molar-refractivity contribution in [3.05, 3.63) is 35.5 Å². The lowest BCUT2D eigenvalue weighted by Crippen LogP contribution is -2.00. The van der Waals surface area contributed by atoms with Crippen molar-refractivity contribution in [3.8, 4) is 0 Å². The molecule has 0 aliphatic heterocycles. The summed E-state index contributed by atoms with van der Waals surface area (Å²) in [6.07, 6.45) is 11.5. The average molecular weight is 206 g/mol. The third-order valence-electron chi connectivity index (χ3n) is 2.60. The molecule has 0 aromatic rings. The van der Waals surface area contributed by atoms with Crippen LogP contribution in [0.4, 0.5) is 0 Å². The van der Waals surface area contributed by atoms with Gasteiger partial charge in [-0.05, 0) is 24.0 Å². The van der Waals surface area contributed by atoms with Crippen molar-refractivity contribution in [1.29, 1.82) is 0 Å². The number of hydrogen-bond acceptors (Lipinski definition) is 0. The van der Waals surface area contributed by atoms with E-state index >= 15 is 0 Å². The van der Waals surface area contributed by atoms with Crippen LogP contribution in [-0.4, -0.2) is 0 Å². The maximum atomic E-state index is 2.30. The highest BCUT2D eigenvalue weighted by Crippen LogP contribution is 2.27. The number of hydrogen-bond donors (Lipinski definition) is 0. The predicted octanol–water partition coefficient (Wildman–Crippen LogP) is 5.28. The number of rotatable bonds is 2. The largest absolute Gasteiger partial charge is 0.0748 e. The van der Waals surface area contributed by atoms with Gasteiger partial charge in [-0.25, -0.2) is 0 Å². The Morgan fingerprint density at radius 3 is 1.47 bits per heavy atom. The SMILES string of the molecule is CC.CCC1=C(CC)C=CC(C)(C)C=C1. The van der Waals surface area contributed by atoms with Gasteiger partial charge in [0.2, 0.25) is 0 Å². The molecule has 0 bridgehead atoms. The Kier molecular flexibility index (Phi) is 6.31. The van der Waals surface area contributed by atoms with Crippen LogP contribution < -0.4 is 0 Å². The lowest BCUT2D eigenvalue weighted by molar-refractivity contribution is 0.626. The van der Waals surface area contributed by atoms with Crippen LogP contribution in [0, 0.1) is 5.41 Å². The van der Waals surface area contributed by atoms with Gasteiger partial charge in [0.25, 0.3) is 0 Å². The van der Waals surface area contributed by atoms with Gasteiger partial charge in [-0.3, -0.25) is 0 Å². The van der Waals surface area contributed by atoms with Gasteiger partial charge in [0.15, 0.2) is 0 Å². The molecule has 1 aliphatic rings. The van der Waals surface area contributed by atoms with Gasteiger partial charge in [-0.15, -0.1) is 0 Å². The Labute approximate surface area is 95.8 Å². The highest BCUT2D eigenvalue weighted by molar-refractivity contribution is 5.37. The Morgan fingerprint density at radius 1 is 0.867 bits per heavy atom. The summed E-state index contributed by atoms with van der Waals surface area (Å²) < 4.78 is 0. The third kappa shape index (κ3) is 4.51. The van der Waals surface area contributed by atoms with Crippen LogP contribution in [0.1, 0.15) is 54.4 Å². The summed E-state index contributed by atoms with van der Waals surface area (Å²) in [4.78, 5) is 0. The molecule has 1 rings (SSSR count). The average Bonchev–Trinajstić information content (AvgIpc) is 2.39. The summed E-state index contributed by atoms with van der Waals surface area (Å²) in [7, 11) is 0. The molecule has 0 nitrogen and oxygen atoms in total. The Morgan fingerprint density at radius 2 is 1.20 bits per heavy atom. The smallest absolute Gasteiger partial charge is 0.00108 e. The molecule has 86 valence electrons. The van der Waals surface area contributed by atoms with Crippen LogP contribution in [0.5, 0.6) is 0 Å². The van der Waals surface area contributed by atoms with Gasteiger partial charge >= 0.3 is 0 Å². The van der Waals surface area contributed by atoms with E-state index in [1.165, 1.54) is 11.1 Å². The van der Waals surface area contributed by atoms with Crippen molar-refractivity contribution >= 4 is 0 Å². The van der Waals surface area contributed by atoms with Crippen molar-refractivity contribution in [2.75, 3.05) is 0 Å². The minimum Gasteiger partial charge on any atom is -0.0748 e. The highest BCUT2D eigenvalue weighted by Gasteiger charge is 2.12. The molecule has 0 radical (unpaired) electrons. The molecular weight excluding hydrogens is 180 g/mol. The zero-order valence-electron chi connectivity index (χ0n) is 11.2. The highest BCUT2D eigenvalue weighted by atomic mass is 14.2. The van der Waals surface area contributed by atoms with Crippen molar-refractivity contribution in [1.82, 2.24) is 0 Å². The second-order valence-corrected chi connectivity index (χ2v) is 4.25. The molecule has 0 heteroatoms. The molecule has 1 aliphatic carbocycles. The van der Waals surface area contributed by atoms with Crippen molar-refractivity contribution < 1.29 is 0 Å². The van der Waals surface area contributed by atoms with Crippen molar-refractivity contribution in [2.45, 2.75) is 54.4 Å². The summed E-state index contributed by atoms with van der Waals surface area (Å²) in [5.41, 5.74) is 3.20. The van der Waals surface area contributed by atoms with E-state index in [9.17, 15) is 0 Å². The van der Waals surface area contributed by atoms with Crippen LogP contribution in [0.2, 0.25) is 0 Å². The maximum Gasteiger partial charge on any atom is 0.00108 e. The minimum absolute atomic E-state index is 0.220. The first kappa shape index (κ1) is 14.2. The fourth-order valence-electron chi connectivity index (χ4n) is 1.59. The summed E-state index contributed by atoms with van der Waals surface area (Å²) >= 11 is 0. The molecule has 0 fully saturated rings. The van der Waals surface area contributed by atoms with E-state index in [0.29, 0.717) is 0 Å². The lowest BCUT2D eigenvalue weighted by atomic mass is 9.93. The molecule has 0 spiro atoms. The van der Waals surface area contributed by atoms with Crippen molar-refractivity contribution in [2.24, 2.45) is 5.41 Å². The summed E-state index contributed by atoms with van der Waals surface area (Å²) in [6.45, 7) is 12.9. The fourth-order valence-corrected chi connectivity index (χ4v) is 1.59. The first-order valence-corrected chi connectivity index (χ1v) is 6.19. The Bertz CT molecular complexity index is 236. The molecule has 0 atom stereocenters. The molecule has 0 unspecified atom stereocenters. The molecule has 0 heterocycles. The fraction of sp³-hybridized carbons (Fsp3) is 0.600. The van der Waals surface area contributed by atoms with Gasteiger partial charge in [0.1, 0.15) is 0 Å². The van der Waals surface area contributed by atoms with Crippen LogP contribution in [-0.2, 0) is 0 Å². The maximum absolute atomic E-state index is 2.30. The van der Waals surface area contributed by atoms with Crippen LogP contribution >= 0.6 is 0 Å². The van der Waals surface area contributed by atoms with Gasteiger partial charge in [0.05, 0.1) is 0 Å². The zero-order chi connectivity index (χ0) is 11.9. The quantitative estimate of drug-likeness (QED) is 0.576. The standard InChI is InChI=1S/C13H20.C2H6/c1-5-11-7-9-13(3,4)10-8-12(11)6-2;1-2/h7-10H,5-6H2,1-4H3;1-2H3. The molecule has 0 saturated heterocycles. The summed E-state index contributed by atoms with van der Waals surface area (Å²) in [5, 5.41) is 0. The van der Waals surface area contributed by atoms with Gasteiger partial charge < -0.3 is 0 Å². The van der Waals surface area contributed by atoms with E-state index < -0.39 is 0 Å². The van der Waals surface area contributed by atoms with E-state index in [0.717, 1.165) is 12.8 Å². The first-order valence-electron chi connectivity index (χ1n) is 6.19. The molecule has 0 aromatic heterocycles. The van der Waals surface area contributed by atoms with Crippen LogP contribution in [0.15, 0.2) is 35.5 Å². The molecule has 15 heavy (non-hydrogen) atoms. The van der Waals surface area contributed by atoms with E-state index in [2.05, 4.69) is 52.0 Å². The monoisotopic (exact) mass is 206 g/mol. The van der Waals surface area contributed by atoms with Gasteiger partial charge in [0, 0.05) is 5.41 Å². The predicted molar refractivity (Wildman–Crippen MR) is 71.0 cm³/mol. The third-order valence-corrected chi connectivity index (χ3v) is 2.60. The van der Waals surface area contributed by atoms with Crippen LogP contribution in [0.3, 0.4) is 0 Å². The topological polar surface area (TPSA) is 0 Å². The molecular formula is C15H26. The lowest BCUT2D eigenvalue weighted by Gasteiger charge is -2.12. The van der Waals surface area contributed by atoms with E-state index in [4.69, 9.17) is 0 Å². The molecule has 0 saturated carbocycles. The zero-order valence-corrected chi connectivity index (χ0v) is 11.2. The van der Waals surface area contributed by atoms with E-state index in [1.807, 2.05) is 13.8 Å². The van der Waals surface area contributed by atoms with Crippen molar-refractivity contribution in [3.63, 3.8) is 0 Å². The van der Waals surface area contributed by atoms with Gasteiger partial charge in [-0.2, -0.15) is 0 Å². The molecule has 0 amide bonds. The first-order chi connectivity index (χ1) is 7.09. The Hall–Kier alpha value is -0.780. The Balaban J connectivity index is 0.000000921. The summed E-state index contributed by atoms with van der Waals surface area (Å²) in [5.74, 6) is 0. The molecule has 0 N–H and O–H groups in total. The van der Waals surface area contributed by atoms with Gasteiger partial charge in [-0.1, -0.05) is 65.8 Å². The second-order valence-electron chi connectivity index (χ2n) is 4.25. The molecule has 0 aromatic carbocycles. The second kappa shape index (κ2) is 6.66. The van der Waals surface area contributed by atoms with E-state index in [-0.39, 0.29) is 5.41 Å². The minimum atomic E-state index is 0.220. The van der Waals surface area contributed by atoms with E-state index in [1.54, 1.807) is 0 Å². The number of allylic oxidation sites excluding steroid dienone is 6. The normalized spacial score (nSPS) is 18.3. The van der Waals surface area contributed by atoms with Crippen LogP contribution in [0.25, 0.3) is 0 Å².